The van der Waals surface area contributed by atoms with E-state index in [0.29, 0.717) is 34.5 Å². The van der Waals surface area contributed by atoms with Crippen molar-refractivity contribution < 1.29 is 32.2 Å². The number of para-hydroxylation sites is 1. The van der Waals surface area contributed by atoms with Crippen LogP contribution in [0.15, 0.2) is 126 Å². The molecule has 220 valence electrons. The van der Waals surface area contributed by atoms with Crippen LogP contribution < -0.4 is 9.46 Å². The Labute approximate surface area is 251 Å². The molecule has 43 heavy (non-hydrogen) atoms. The monoisotopic (exact) mass is 597 g/mol. The number of hydrogen-bond donors (Lipinski definition) is 1. The minimum absolute atomic E-state index is 0.159. The highest BCUT2D eigenvalue weighted by atomic mass is 32.2. The van der Waals surface area contributed by atoms with E-state index in [1.807, 2.05) is 24.3 Å². The maximum atomic E-state index is 12.9. The Kier molecular flexibility index (Phi) is 10.9. The first-order valence-corrected chi connectivity index (χ1v) is 14.9. The lowest BCUT2D eigenvalue weighted by atomic mass is 10.1. The molecule has 0 saturated carbocycles. The number of methoxy groups -OCH3 is 1. The van der Waals surface area contributed by atoms with E-state index in [1.54, 1.807) is 91.0 Å². The van der Waals surface area contributed by atoms with Crippen molar-refractivity contribution in [3.8, 4) is 5.75 Å². The number of benzene rings is 4. The molecule has 0 aromatic heterocycles. The second kappa shape index (κ2) is 15.2. The predicted molar refractivity (Wildman–Crippen MR) is 166 cm³/mol. The second-order valence-electron chi connectivity index (χ2n) is 9.24. The van der Waals surface area contributed by atoms with E-state index in [9.17, 15) is 18.0 Å². The molecule has 8 nitrogen and oxygen atoms in total. The van der Waals surface area contributed by atoms with Gasteiger partial charge >= 0.3 is 11.9 Å². The van der Waals surface area contributed by atoms with Gasteiger partial charge in [-0.05, 0) is 60.2 Å². The van der Waals surface area contributed by atoms with Gasteiger partial charge in [0.1, 0.15) is 11.9 Å². The van der Waals surface area contributed by atoms with Crippen LogP contribution in [0.2, 0.25) is 0 Å². The summed E-state index contributed by atoms with van der Waals surface area (Å²) in [5, 5.41) is 0. The van der Waals surface area contributed by atoms with E-state index in [2.05, 4.69) is 9.46 Å². The minimum atomic E-state index is -3.75. The van der Waals surface area contributed by atoms with Crippen molar-refractivity contribution in [1.29, 1.82) is 0 Å². The highest BCUT2D eigenvalue weighted by Gasteiger charge is 2.16. The van der Waals surface area contributed by atoms with Gasteiger partial charge < -0.3 is 14.2 Å². The summed E-state index contributed by atoms with van der Waals surface area (Å²) in [5.74, 6) is -0.413. The summed E-state index contributed by atoms with van der Waals surface area (Å²) in [6.07, 6.45) is 6.07. The van der Waals surface area contributed by atoms with Crippen LogP contribution in [-0.4, -0.2) is 40.2 Å². The molecule has 0 aliphatic rings. The molecule has 0 saturated heterocycles. The van der Waals surface area contributed by atoms with E-state index in [0.717, 1.165) is 0 Å². The third-order valence-corrected chi connectivity index (χ3v) is 7.54. The third-order valence-electron chi connectivity index (χ3n) is 6.14. The van der Waals surface area contributed by atoms with Crippen LogP contribution in [0.1, 0.15) is 27.9 Å². The van der Waals surface area contributed by atoms with Gasteiger partial charge in [-0.15, -0.1) is 0 Å². The number of carbonyl (C=O) groups is 2. The predicted octanol–water partition coefficient (Wildman–Crippen LogP) is 6.38. The van der Waals surface area contributed by atoms with E-state index in [4.69, 9.17) is 9.47 Å². The molecule has 0 spiro atoms. The van der Waals surface area contributed by atoms with Crippen molar-refractivity contribution in [3.05, 3.63) is 138 Å². The van der Waals surface area contributed by atoms with Gasteiger partial charge in [-0.25, -0.2) is 18.0 Å². The largest absolute Gasteiger partial charge is 0.493 e. The van der Waals surface area contributed by atoms with Gasteiger partial charge in [-0.3, -0.25) is 4.72 Å². The van der Waals surface area contributed by atoms with Crippen LogP contribution in [-0.2, 0) is 24.3 Å². The SMILES string of the molecule is COC(=O)/C=C/c1ccccc1OCCC(C=Cc1cccc(NS(=O)(=O)c2ccccc2)c1)OC(=O)c1ccccc1. The Hall–Kier alpha value is -5.15. The van der Waals surface area contributed by atoms with Crippen molar-refractivity contribution in [3.63, 3.8) is 0 Å². The summed E-state index contributed by atoms with van der Waals surface area (Å²) in [4.78, 5) is 24.5. The van der Waals surface area contributed by atoms with Crippen molar-refractivity contribution in [2.45, 2.75) is 17.4 Å². The fourth-order valence-corrected chi connectivity index (χ4v) is 5.04. The van der Waals surface area contributed by atoms with Crippen molar-refractivity contribution in [1.82, 2.24) is 0 Å². The number of esters is 2. The van der Waals surface area contributed by atoms with Crippen LogP contribution in [0.25, 0.3) is 12.2 Å². The summed E-state index contributed by atoms with van der Waals surface area (Å²) in [5.41, 5.74) is 2.20. The molecule has 0 bridgehead atoms. The minimum Gasteiger partial charge on any atom is -0.493 e. The standard InChI is InChI=1S/C34H31NO7S/c1-40-33(36)22-20-27-12-8-9-18-32(27)41-24-23-30(42-34(37)28-13-4-2-5-14-28)21-19-26-11-10-15-29(25-26)35-43(38,39)31-16-6-3-7-17-31/h2-22,25,30,35H,23-24H2,1H3/b21-19?,22-20+. The van der Waals surface area contributed by atoms with Crippen LogP contribution >= 0.6 is 0 Å². The van der Waals surface area contributed by atoms with E-state index in [1.165, 1.54) is 25.3 Å². The highest BCUT2D eigenvalue weighted by molar-refractivity contribution is 7.92. The molecule has 4 aromatic carbocycles. The Morgan fingerprint density at radius 1 is 0.837 bits per heavy atom. The number of rotatable bonds is 13. The maximum Gasteiger partial charge on any atom is 0.338 e. The second-order valence-corrected chi connectivity index (χ2v) is 10.9. The molecule has 0 fully saturated rings. The number of hydrogen-bond acceptors (Lipinski definition) is 7. The zero-order valence-corrected chi connectivity index (χ0v) is 24.3. The Balaban J connectivity index is 1.48. The smallest absolute Gasteiger partial charge is 0.338 e. The fourth-order valence-electron chi connectivity index (χ4n) is 3.97. The van der Waals surface area contributed by atoms with Gasteiger partial charge in [-0.1, -0.05) is 72.8 Å². The molecule has 4 aromatic rings. The summed E-state index contributed by atoms with van der Waals surface area (Å²) in [7, 11) is -2.45. The number of nitrogens with one attached hydrogen (secondary N) is 1. The molecule has 9 heteroatoms. The van der Waals surface area contributed by atoms with Crippen molar-refractivity contribution >= 4 is 39.8 Å². The molecule has 0 heterocycles. The van der Waals surface area contributed by atoms with Gasteiger partial charge in [0.05, 0.1) is 24.2 Å². The van der Waals surface area contributed by atoms with Crippen LogP contribution in [0.5, 0.6) is 5.75 Å². The third kappa shape index (κ3) is 9.44. The number of ether oxygens (including phenoxy) is 3. The number of sulfonamides is 1. The summed E-state index contributed by atoms with van der Waals surface area (Å²) in [6, 6.07) is 30.9. The summed E-state index contributed by atoms with van der Waals surface area (Å²) in [6.45, 7) is 0.205. The highest BCUT2D eigenvalue weighted by Crippen LogP contribution is 2.21. The number of anilines is 1. The van der Waals surface area contributed by atoms with Crippen LogP contribution in [0, 0.1) is 0 Å². The van der Waals surface area contributed by atoms with Gasteiger partial charge in [0.25, 0.3) is 10.0 Å². The molecule has 4 rings (SSSR count). The van der Waals surface area contributed by atoms with E-state index < -0.39 is 28.1 Å². The molecular weight excluding hydrogens is 566 g/mol. The van der Waals surface area contributed by atoms with Crippen molar-refractivity contribution in [2.75, 3.05) is 18.4 Å². The zero-order valence-electron chi connectivity index (χ0n) is 23.5. The average molecular weight is 598 g/mol. The van der Waals surface area contributed by atoms with Gasteiger partial charge in [0.15, 0.2) is 0 Å². The lowest BCUT2D eigenvalue weighted by Gasteiger charge is -2.16. The van der Waals surface area contributed by atoms with Gasteiger partial charge in [0.2, 0.25) is 0 Å². The van der Waals surface area contributed by atoms with Crippen molar-refractivity contribution in [2.24, 2.45) is 0 Å². The van der Waals surface area contributed by atoms with E-state index in [-0.39, 0.29) is 11.5 Å². The quantitative estimate of drug-likeness (QED) is 0.141. The lowest BCUT2D eigenvalue weighted by molar-refractivity contribution is -0.134. The fraction of sp³-hybridized carbons (Fsp3) is 0.118. The summed E-state index contributed by atoms with van der Waals surface area (Å²) < 4.78 is 44.5. The number of carbonyl (C=O) groups excluding carboxylic acids is 2. The normalized spacial score (nSPS) is 12.1. The van der Waals surface area contributed by atoms with Gasteiger partial charge in [0, 0.05) is 23.7 Å². The molecule has 0 aliphatic heterocycles. The first-order chi connectivity index (χ1) is 20.8. The first kappa shape index (κ1) is 30.8. The molecule has 0 aliphatic carbocycles. The maximum absolute atomic E-state index is 12.9. The molecule has 1 atom stereocenters. The van der Waals surface area contributed by atoms with Crippen LogP contribution in [0.3, 0.4) is 0 Å². The molecule has 1 N–H and O–H groups in total. The molecule has 1 unspecified atom stereocenters. The molecule has 0 amide bonds. The van der Waals surface area contributed by atoms with E-state index >= 15 is 0 Å². The summed E-state index contributed by atoms with van der Waals surface area (Å²) >= 11 is 0. The topological polar surface area (TPSA) is 108 Å². The Morgan fingerprint density at radius 3 is 2.28 bits per heavy atom. The van der Waals surface area contributed by atoms with Gasteiger partial charge in [-0.2, -0.15) is 0 Å². The Bertz CT molecular complexity index is 1680. The average Bonchev–Trinajstić information content (AvgIpc) is 3.03. The molecular formula is C34H31NO7S. The van der Waals surface area contributed by atoms with Crippen LogP contribution in [0.4, 0.5) is 5.69 Å². The lowest BCUT2D eigenvalue weighted by Crippen LogP contribution is -2.19. The zero-order chi connectivity index (χ0) is 30.5. The Morgan fingerprint density at radius 2 is 1.53 bits per heavy atom. The molecule has 0 radical (unpaired) electrons. The first-order valence-electron chi connectivity index (χ1n) is 13.4.